The Labute approximate surface area is 156 Å². The van der Waals surface area contributed by atoms with Crippen LogP contribution in [-0.4, -0.2) is 41.2 Å². The molecule has 0 aliphatic carbocycles. The number of benzene rings is 1. The van der Waals surface area contributed by atoms with Crippen molar-refractivity contribution in [3.63, 3.8) is 0 Å². The molecule has 136 valence electrons. The molecule has 1 saturated heterocycles. The molecule has 1 N–H and O–H groups in total. The number of nitrogens with one attached hydrogen (secondary N) is 1. The number of hydrogen-bond donors (Lipinski definition) is 1. The van der Waals surface area contributed by atoms with Crippen molar-refractivity contribution in [1.29, 1.82) is 0 Å². The van der Waals surface area contributed by atoms with Gasteiger partial charge in [-0.25, -0.2) is 4.79 Å². The number of amides is 4. The summed E-state index contributed by atoms with van der Waals surface area (Å²) >= 11 is 1.40. The number of rotatable bonds is 5. The lowest BCUT2D eigenvalue weighted by Gasteiger charge is -2.22. The van der Waals surface area contributed by atoms with E-state index in [0.717, 1.165) is 20.9 Å². The Morgan fingerprint density at radius 1 is 1.23 bits per heavy atom. The molecule has 2 aromatic rings. The van der Waals surface area contributed by atoms with E-state index in [0.29, 0.717) is 6.54 Å². The molecular formula is C19H21N3O3S. The van der Waals surface area contributed by atoms with E-state index in [1.54, 1.807) is 20.0 Å². The smallest absolute Gasteiger partial charge is 0.325 e. The first-order valence-electron chi connectivity index (χ1n) is 8.29. The first kappa shape index (κ1) is 18.1. The summed E-state index contributed by atoms with van der Waals surface area (Å²) in [5.74, 6) is -0.685. The third-order valence-electron chi connectivity index (χ3n) is 4.68. The highest BCUT2D eigenvalue weighted by Gasteiger charge is 2.50. The fourth-order valence-electron chi connectivity index (χ4n) is 2.96. The van der Waals surface area contributed by atoms with Gasteiger partial charge in [-0.3, -0.25) is 14.5 Å². The summed E-state index contributed by atoms with van der Waals surface area (Å²) in [6, 6.07) is 10.9. The van der Waals surface area contributed by atoms with Crippen LogP contribution >= 0.6 is 11.3 Å². The molecule has 0 spiro atoms. The molecule has 1 aliphatic heterocycles. The van der Waals surface area contributed by atoms with Gasteiger partial charge in [-0.05, 0) is 36.4 Å². The van der Waals surface area contributed by atoms with Gasteiger partial charge in [-0.15, -0.1) is 11.3 Å². The fourth-order valence-corrected chi connectivity index (χ4v) is 3.79. The second kappa shape index (κ2) is 6.92. The predicted octanol–water partition coefficient (Wildman–Crippen LogP) is 2.48. The zero-order valence-corrected chi connectivity index (χ0v) is 15.8. The standard InChI is InChI=1S/C19H21N3O3S/c1-13-7-4-5-8-14(13)11-21(3)16(23)12-22-17(24)19(2,20-18(22)25)15-9-6-10-26-15/h4-10H,11-12H2,1-3H3,(H,20,25). The topological polar surface area (TPSA) is 69.7 Å². The first-order chi connectivity index (χ1) is 12.3. The van der Waals surface area contributed by atoms with Gasteiger partial charge in [-0.1, -0.05) is 30.3 Å². The summed E-state index contributed by atoms with van der Waals surface area (Å²) in [6.07, 6.45) is 0. The highest BCUT2D eigenvalue weighted by atomic mass is 32.1. The summed E-state index contributed by atoms with van der Waals surface area (Å²) in [5, 5.41) is 4.56. The van der Waals surface area contributed by atoms with Crippen molar-refractivity contribution in [2.75, 3.05) is 13.6 Å². The van der Waals surface area contributed by atoms with Crippen molar-refractivity contribution in [3.05, 3.63) is 57.8 Å². The lowest BCUT2D eigenvalue weighted by Crippen LogP contribution is -2.43. The second-order valence-electron chi connectivity index (χ2n) is 6.60. The molecule has 1 aliphatic rings. The minimum Gasteiger partial charge on any atom is -0.340 e. The number of carbonyl (C=O) groups is 3. The highest BCUT2D eigenvalue weighted by molar-refractivity contribution is 7.10. The predicted molar refractivity (Wildman–Crippen MR) is 99.6 cm³/mol. The van der Waals surface area contributed by atoms with E-state index < -0.39 is 17.5 Å². The Morgan fingerprint density at radius 3 is 2.62 bits per heavy atom. The maximum atomic E-state index is 12.8. The SMILES string of the molecule is Cc1ccccc1CN(C)C(=O)CN1C(=O)NC(C)(c2cccs2)C1=O. The lowest BCUT2D eigenvalue weighted by atomic mass is 10.0. The van der Waals surface area contributed by atoms with E-state index in [-0.39, 0.29) is 12.5 Å². The molecule has 6 nitrogen and oxygen atoms in total. The van der Waals surface area contributed by atoms with Crippen LogP contribution in [0, 0.1) is 6.92 Å². The molecule has 0 radical (unpaired) electrons. The van der Waals surface area contributed by atoms with Gasteiger partial charge < -0.3 is 10.2 Å². The lowest BCUT2D eigenvalue weighted by molar-refractivity contribution is -0.138. The van der Waals surface area contributed by atoms with Crippen LogP contribution in [0.4, 0.5) is 4.79 Å². The van der Waals surface area contributed by atoms with Crippen LogP contribution in [0.25, 0.3) is 0 Å². The Bertz CT molecular complexity index is 849. The zero-order valence-electron chi connectivity index (χ0n) is 15.0. The van der Waals surface area contributed by atoms with Crippen LogP contribution < -0.4 is 5.32 Å². The molecule has 4 amide bonds. The van der Waals surface area contributed by atoms with Crippen molar-refractivity contribution in [2.45, 2.75) is 25.9 Å². The molecule has 0 bridgehead atoms. The molecule has 1 aromatic carbocycles. The fraction of sp³-hybridized carbons (Fsp3) is 0.316. The Morgan fingerprint density at radius 2 is 1.96 bits per heavy atom. The van der Waals surface area contributed by atoms with E-state index in [2.05, 4.69) is 5.32 Å². The number of hydrogen-bond acceptors (Lipinski definition) is 4. The number of urea groups is 1. The third-order valence-corrected chi connectivity index (χ3v) is 5.77. The van der Waals surface area contributed by atoms with Crippen LogP contribution in [0.5, 0.6) is 0 Å². The van der Waals surface area contributed by atoms with Crippen LogP contribution in [0.1, 0.15) is 22.9 Å². The van der Waals surface area contributed by atoms with Crippen LogP contribution in [0.2, 0.25) is 0 Å². The second-order valence-corrected chi connectivity index (χ2v) is 7.55. The highest BCUT2D eigenvalue weighted by Crippen LogP contribution is 2.31. The van der Waals surface area contributed by atoms with Crippen molar-refractivity contribution in [1.82, 2.24) is 15.1 Å². The number of likely N-dealkylation sites (N-methyl/N-ethyl adjacent to an activating group) is 1. The Balaban J connectivity index is 1.70. The van der Waals surface area contributed by atoms with E-state index in [1.807, 2.05) is 42.6 Å². The summed E-state index contributed by atoms with van der Waals surface area (Å²) in [5.41, 5.74) is 1.01. The van der Waals surface area contributed by atoms with Crippen LogP contribution in [0.3, 0.4) is 0 Å². The summed E-state index contributed by atoms with van der Waals surface area (Å²) in [7, 11) is 1.67. The number of nitrogens with zero attached hydrogens (tertiary/aromatic N) is 2. The summed E-state index contributed by atoms with van der Waals surface area (Å²) < 4.78 is 0. The van der Waals surface area contributed by atoms with E-state index in [4.69, 9.17) is 0 Å². The maximum absolute atomic E-state index is 12.8. The average molecular weight is 371 g/mol. The van der Waals surface area contributed by atoms with Crippen LogP contribution in [-0.2, 0) is 21.7 Å². The van der Waals surface area contributed by atoms with Gasteiger partial charge in [0.2, 0.25) is 5.91 Å². The molecule has 1 unspecified atom stereocenters. The Hall–Kier alpha value is -2.67. The third kappa shape index (κ3) is 3.22. The van der Waals surface area contributed by atoms with E-state index in [1.165, 1.54) is 16.2 Å². The zero-order chi connectivity index (χ0) is 18.9. The molecule has 2 heterocycles. The summed E-state index contributed by atoms with van der Waals surface area (Å²) in [6.45, 7) is 3.81. The van der Waals surface area contributed by atoms with Gasteiger partial charge in [0.25, 0.3) is 5.91 Å². The van der Waals surface area contributed by atoms with Gasteiger partial charge in [0.1, 0.15) is 6.54 Å². The first-order valence-corrected chi connectivity index (χ1v) is 9.17. The minimum atomic E-state index is -1.11. The van der Waals surface area contributed by atoms with Gasteiger partial charge in [0.05, 0.1) is 0 Å². The number of thiophene rings is 1. The molecule has 0 saturated carbocycles. The quantitative estimate of drug-likeness (QED) is 0.821. The molecular weight excluding hydrogens is 350 g/mol. The Kier molecular flexibility index (Phi) is 4.82. The molecule has 26 heavy (non-hydrogen) atoms. The van der Waals surface area contributed by atoms with Gasteiger partial charge in [-0.2, -0.15) is 0 Å². The number of aryl methyl sites for hydroxylation is 1. The van der Waals surface area contributed by atoms with Crippen LogP contribution in [0.15, 0.2) is 41.8 Å². The molecule has 7 heteroatoms. The normalized spacial score (nSPS) is 19.6. The largest absolute Gasteiger partial charge is 0.340 e. The van der Waals surface area contributed by atoms with Crippen molar-refractivity contribution < 1.29 is 14.4 Å². The van der Waals surface area contributed by atoms with Crippen molar-refractivity contribution >= 4 is 29.2 Å². The van der Waals surface area contributed by atoms with E-state index >= 15 is 0 Å². The molecule has 3 rings (SSSR count). The number of carbonyl (C=O) groups excluding carboxylic acids is 3. The maximum Gasteiger partial charge on any atom is 0.325 e. The minimum absolute atomic E-state index is 0.270. The summed E-state index contributed by atoms with van der Waals surface area (Å²) in [4.78, 5) is 40.9. The van der Waals surface area contributed by atoms with Crippen molar-refractivity contribution in [2.24, 2.45) is 0 Å². The molecule has 1 atom stereocenters. The van der Waals surface area contributed by atoms with Gasteiger partial charge in [0, 0.05) is 18.5 Å². The van der Waals surface area contributed by atoms with E-state index in [9.17, 15) is 14.4 Å². The molecule has 1 fully saturated rings. The van der Waals surface area contributed by atoms with Gasteiger partial charge >= 0.3 is 6.03 Å². The average Bonchev–Trinajstić information content (AvgIpc) is 3.21. The number of imide groups is 1. The van der Waals surface area contributed by atoms with Crippen molar-refractivity contribution in [3.8, 4) is 0 Å². The monoisotopic (exact) mass is 371 g/mol. The molecule has 1 aromatic heterocycles. The van der Waals surface area contributed by atoms with Gasteiger partial charge in [0.15, 0.2) is 5.54 Å².